The van der Waals surface area contributed by atoms with Crippen LogP contribution in [-0.2, 0) is 0 Å². The van der Waals surface area contributed by atoms with Gasteiger partial charge in [-0.2, -0.15) is 18.3 Å². The lowest BCUT2D eigenvalue weighted by Gasteiger charge is -2.29. The number of ether oxygens (including phenoxy) is 1. The van der Waals surface area contributed by atoms with Crippen LogP contribution in [0.2, 0.25) is 0 Å². The maximum atomic E-state index is 14.3. The van der Waals surface area contributed by atoms with Crippen molar-refractivity contribution in [1.82, 2.24) is 9.78 Å². The third-order valence-electron chi connectivity index (χ3n) is 4.33. The van der Waals surface area contributed by atoms with E-state index in [1.165, 1.54) is 18.5 Å². The molecule has 0 atom stereocenters. The van der Waals surface area contributed by atoms with E-state index in [9.17, 15) is 17.6 Å². The van der Waals surface area contributed by atoms with Crippen LogP contribution < -0.4 is 10.1 Å². The molecule has 1 N–H and O–H groups in total. The average molecular weight is 439 g/mol. The molecule has 0 aliphatic heterocycles. The van der Waals surface area contributed by atoms with Gasteiger partial charge in [-0.25, -0.2) is 19.1 Å². The Bertz CT molecular complexity index is 990. The second-order valence-electron chi connectivity index (χ2n) is 7.01. The largest absolute Gasteiger partial charge is 0.478 e. The molecule has 0 bridgehead atoms. The molecule has 0 aliphatic carbocycles. The van der Waals surface area contributed by atoms with Crippen LogP contribution in [0.4, 0.5) is 23.4 Å². The van der Waals surface area contributed by atoms with Crippen molar-refractivity contribution in [3.63, 3.8) is 0 Å². The molecule has 1 aromatic heterocycles. The normalized spacial score (nSPS) is 13.4. The predicted octanol–water partition coefficient (Wildman–Crippen LogP) is 5.78. The smallest absolute Gasteiger partial charge is 0.427 e. The molecular formula is C21H25F4N5O. The van der Waals surface area contributed by atoms with Crippen LogP contribution in [0.25, 0.3) is 17.0 Å². The minimum absolute atomic E-state index is 0.242. The Hall–Kier alpha value is -3.17. The number of benzene rings is 1. The van der Waals surface area contributed by atoms with E-state index in [0.29, 0.717) is 29.2 Å². The first-order valence-corrected chi connectivity index (χ1v) is 9.55. The van der Waals surface area contributed by atoms with Crippen LogP contribution in [0, 0.1) is 5.82 Å². The zero-order valence-electron chi connectivity index (χ0n) is 18.0. The summed E-state index contributed by atoms with van der Waals surface area (Å²) >= 11 is 0. The Morgan fingerprint density at radius 3 is 2.48 bits per heavy atom. The molecule has 0 aliphatic rings. The van der Waals surface area contributed by atoms with Gasteiger partial charge in [-0.15, -0.1) is 0 Å². The van der Waals surface area contributed by atoms with Gasteiger partial charge in [-0.05, 0) is 39.3 Å². The second kappa shape index (κ2) is 9.76. The second-order valence-corrected chi connectivity index (χ2v) is 7.01. The van der Waals surface area contributed by atoms with Gasteiger partial charge in [0, 0.05) is 31.0 Å². The Balaban J connectivity index is 2.56. The Labute approximate surface area is 178 Å². The number of aliphatic imine (C=N–C) groups is 2. The molecular weight excluding hydrogens is 414 g/mol. The molecule has 0 saturated carbocycles. The van der Waals surface area contributed by atoms with E-state index in [-0.39, 0.29) is 5.75 Å². The molecule has 0 saturated heterocycles. The summed E-state index contributed by atoms with van der Waals surface area (Å²) in [5.74, 6) is -0.484. The van der Waals surface area contributed by atoms with Crippen molar-refractivity contribution in [3.05, 3.63) is 36.3 Å². The molecule has 2 aromatic rings. The molecule has 0 radical (unpaired) electrons. The number of hydrogen-bond donors (Lipinski definition) is 1. The minimum Gasteiger partial charge on any atom is -0.478 e. The topological polar surface area (TPSA) is 63.8 Å². The lowest BCUT2D eigenvalue weighted by molar-refractivity contribution is -0.234. The first kappa shape index (κ1) is 24.1. The monoisotopic (exact) mass is 439 g/mol. The molecule has 0 fully saturated rings. The molecule has 168 valence electrons. The van der Waals surface area contributed by atoms with Gasteiger partial charge in [0.05, 0.1) is 17.6 Å². The van der Waals surface area contributed by atoms with Crippen LogP contribution in [0.5, 0.6) is 5.75 Å². The summed E-state index contributed by atoms with van der Waals surface area (Å²) < 4.78 is 60.6. The van der Waals surface area contributed by atoms with Crippen LogP contribution >= 0.6 is 0 Å². The number of allylic oxidation sites excluding steroid dienone is 1. The van der Waals surface area contributed by atoms with E-state index >= 15 is 0 Å². The summed E-state index contributed by atoms with van der Waals surface area (Å²) in [4.78, 5) is 7.99. The Morgan fingerprint density at radius 2 is 1.90 bits per heavy atom. The Morgan fingerprint density at radius 1 is 1.19 bits per heavy atom. The summed E-state index contributed by atoms with van der Waals surface area (Å²) in [6, 6.07) is 5.13. The highest BCUT2D eigenvalue weighted by Gasteiger charge is 2.49. The van der Waals surface area contributed by atoms with E-state index in [1.807, 2.05) is 6.92 Å². The lowest BCUT2D eigenvalue weighted by Crippen LogP contribution is -2.44. The van der Waals surface area contributed by atoms with Crippen molar-refractivity contribution in [1.29, 1.82) is 0 Å². The molecule has 0 unspecified atom stereocenters. The summed E-state index contributed by atoms with van der Waals surface area (Å²) in [6.45, 7) is 5.41. The van der Waals surface area contributed by atoms with Crippen LogP contribution in [0.15, 0.2) is 40.5 Å². The standard InChI is InChI=1S/C21H25F4N5O/c1-6-16(12-28-13-27-7-2)30-18(11-19(26-5)29-30)14-8-15(22)10-17(9-14)31-20(3,4)21(23,24)25/h7-13H,6H2,1-5H3,(H,26,29)/b16-12+,27-7-,28-13-. The van der Waals surface area contributed by atoms with Gasteiger partial charge in [0.15, 0.2) is 5.60 Å². The SMILES string of the molecule is C\C=N/C=N\C=C(/CC)n1nc(NC)cc1-c1cc(F)cc(OC(C)(C)C(F)(F)F)c1. The molecule has 0 amide bonds. The van der Waals surface area contributed by atoms with E-state index < -0.39 is 17.6 Å². The Kier molecular flexibility index (Phi) is 7.59. The highest BCUT2D eigenvalue weighted by atomic mass is 19.4. The number of hydrogen-bond acceptors (Lipinski definition) is 4. The van der Waals surface area contributed by atoms with Gasteiger partial charge in [0.2, 0.25) is 0 Å². The van der Waals surface area contributed by atoms with Gasteiger partial charge in [-0.1, -0.05) is 6.92 Å². The van der Waals surface area contributed by atoms with Crippen molar-refractivity contribution < 1.29 is 22.3 Å². The van der Waals surface area contributed by atoms with Crippen LogP contribution in [0.1, 0.15) is 34.1 Å². The van der Waals surface area contributed by atoms with Gasteiger partial charge in [-0.3, -0.25) is 0 Å². The number of nitrogens with one attached hydrogen (secondary N) is 1. The summed E-state index contributed by atoms with van der Waals surface area (Å²) in [5, 5.41) is 7.34. The molecule has 0 spiro atoms. The molecule has 2 rings (SSSR count). The van der Waals surface area contributed by atoms with Crippen LogP contribution in [-0.4, -0.2) is 41.2 Å². The number of anilines is 1. The van der Waals surface area contributed by atoms with E-state index in [4.69, 9.17) is 4.74 Å². The summed E-state index contributed by atoms with van der Waals surface area (Å²) in [5.41, 5.74) is -1.06. The molecule has 10 heteroatoms. The maximum absolute atomic E-state index is 14.3. The number of aromatic nitrogens is 2. The molecule has 31 heavy (non-hydrogen) atoms. The van der Waals surface area contributed by atoms with Crippen molar-refractivity contribution in [2.24, 2.45) is 9.98 Å². The number of rotatable bonds is 8. The fraction of sp³-hybridized carbons (Fsp3) is 0.381. The third-order valence-corrected chi connectivity index (χ3v) is 4.33. The van der Waals surface area contributed by atoms with Gasteiger partial charge in [0.1, 0.15) is 23.7 Å². The fourth-order valence-corrected chi connectivity index (χ4v) is 2.57. The number of alkyl halides is 3. The molecule has 6 nitrogen and oxygen atoms in total. The first-order chi connectivity index (χ1) is 14.5. The van der Waals surface area contributed by atoms with Crippen LogP contribution in [0.3, 0.4) is 0 Å². The highest BCUT2D eigenvalue weighted by Crippen LogP contribution is 2.36. The third kappa shape index (κ3) is 5.93. The van der Waals surface area contributed by atoms with Crippen molar-refractivity contribution in [2.45, 2.75) is 45.9 Å². The quantitative estimate of drug-likeness (QED) is 0.322. The zero-order chi connectivity index (χ0) is 23.2. The van der Waals surface area contributed by atoms with E-state index in [0.717, 1.165) is 19.9 Å². The van der Waals surface area contributed by atoms with E-state index in [1.54, 1.807) is 37.1 Å². The van der Waals surface area contributed by atoms with E-state index in [2.05, 4.69) is 20.4 Å². The van der Waals surface area contributed by atoms with Crippen molar-refractivity contribution in [2.75, 3.05) is 12.4 Å². The van der Waals surface area contributed by atoms with Gasteiger partial charge >= 0.3 is 6.18 Å². The first-order valence-electron chi connectivity index (χ1n) is 9.55. The minimum atomic E-state index is -4.63. The van der Waals surface area contributed by atoms with Crippen molar-refractivity contribution in [3.8, 4) is 17.0 Å². The zero-order valence-corrected chi connectivity index (χ0v) is 18.0. The predicted molar refractivity (Wildman–Crippen MR) is 115 cm³/mol. The highest BCUT2D eigenvalue weighted by molar-refractivity contribution is 5.72. The number of nitrogens with zero attached hydrogens (tertiary/aromatic N) is 4. The molecule has 1 heterocycles. The van der Waals surface area contributed by atoms with Gasteiger partial charge in [0.25, 0.3) is 0 Å². The van der Waals surface area contributed by atoms with Crippen molar-refractivity contribution >= 4 is 24.1 Å². The summed E-state index contributed by atoms with van der Waals surface area (Å²) in [6.07, 6.45) is 0.415. The average Bonchev–Trinajstić information content (AvgIpc) is 3.11. The van der Waals surface area contributed by atoms with Gasteiger partial charge < -0.3 is 10.1 Å². The number of halogens is 4. The fourth-order valence-electron chi connectivity index (χ4n) is 2.57. The summed E-state index contributed by atoms with van der Waals surface area (Å²) in [7, 11) is 1.67. The molecule has 1 aromatic carbocycles. The lowest BCUT2D eigenvalue weighted by atomic mass is 10.1. The maximum Gasteiger partial charge on any atom is 0.427 e.